The molecule has 0 saturated carbocycles. The van der Waals surface area contributed by atoms with Crippen molar-refractivity contribution in [2.24, 2.45) is 0 Å². The normalized spacial score (nSPS) is 15.3. The van der Waals surface area contributed by atoms with Gasteiger partial charge in [0.15, 0.2) is 0 Å². The van der Waals surface area contributed by atoms with Gasteiger partial charge in [-0.1, -0.05) is 48.9 Å². The molecule has 0 bridgehead atoms. The number of aromatic nitrogens is 2. The number of halogens is 1. The Labute approximate surface area is 218 Å². The van der Waals surface area contributed by atoms with Crippen LogP contribution in [0.5, 0.6) is 0 Å². The van der Waals surface area contributed by atoms with Crippen LogP contribution in [0, 0.1) is 0 Å². The van der Waals surface area contributed by atoms with Gasteiger partial charge in [-0.05, 0) is 48.2 Å². The predicted octanol–water partition coefficient (Wildman–Crippen LogP) is 4.85. The van der Waals surface area contributed by atoms with Crippen LogP contribution in [0.15, 0.2) is 60.8 Å². The minimum absolute atomic E-state index is 0.0244. The fourth-order valence-electron chi connectivity index (χ4n) is 4.67. The molecule has 0 unspecified atom stereocenters. The number of anilines is 1. The van der Waals surface area contributed by atoms with Gasteiger partial charge in [-0.2, -0.15) is 5.10 Å². The Morgan fingerprint density at radius 1 is 1.00 bits per heavy atom. The first-order chi connectivity index (χ1) is 17.4. The quantitative estimate of drug-likeness (QED) is 0.495. The number of benzene rings is 2. The third kappa shape index (κ3) is 6.53. The Morgan fingerprint density at radius 3 is 2.56 bits per heavy atom. The van der Waals surface area contributed by atoms with Gasteiger partial charge in [0.1, 0.15) is 5.69 Å². The number of aryl methyl sites for hydroxylation is 1. The van der Waals surface area contributed by atoms with Gasteiger partial charge in [0, 0.05) is 69.6 Å². The van der Waals surface area contributed by atoms with Gasteiger partial charge in [0.25, 0.3) is 5.91 Å². The standard InChI is InChI=1S/C28H34ClN5O2/c1-3-13-33-16-12-26(30-33)28(36)32-18-17-31(20-23-8-5-4-6-9-23)14-7-15-34(22(2)35)27-11-10-25(29)19-24(27)21-32/h4-6,8-12,16,19H,3,7,13-15,17-18,20-21H2,1-2H3. The average molecular weight is 508 g/mol. The summed E-state index contributed by atoms with van der Waals surface area (Å²) in [6.45, 7) is 8.24. The molecule has 2 heterocycles. The van der Waals surface area contributed by atoms with Gasteiger partial charge < -0.3 is 9.80 Å². The van der Waals surface area contributed by atoms with Crippen molar-refractivity contribution in [1.82, 2.24) is 19.6 Å². The van der Waals surface area contributed by atoms with Crippen molar-refractivity contribution in [2.75, 3.05) is 31.1 Å². The highest BCUT2D eigenvalue weighted by atomic mass is 35.5. The molecule has 0 N–H and O–H groups in total. The first-order valence-electron chi connectivity index (χ1n) is 12.6. The molecule has 36 heavy (non-hydrogen) atoms. The SMILES string of the molecule is CCCn1ccc(C(=O)N2CCN(Cc3ccccc3)CCCN(C(C)=O)c3ccc(Cl)cc3C2)n1. The van der Waals surface area contributed by atoms with Crippen molar-refractivity contribution in [3.05, 3.63) is 82.6 Å². The van der Waals surface area contributed by atoms with Gasteiger partial charge in [0.2, 0.25) is 5.91 Å². The number of carbonyl (C=O) groups is 2. The molecule has 0 fully saturated rings. The second-order valence-electron chi connectivity index (χ2n) is 9.25. The van der Waals surface area contributed by atoms with E-state index in [2.05, 4.69) is 29.1 Å². The van der Waals surface area contributed by atoms with Crippen molar-refractivity contribution in [3.8, 4) is 0 Å². The summed E-state index contributed by atoms with van der Waals surface area (Å²) in [6.07, 6.45) is 3.62. The molecule has 1 aliphatic heterocycles. The van der Waals surface area contributed by atoms with E-state index in [1.54, 1.807) is 24.0 Å². The number of carbonyl (C=O) groups excluding carboxylic acids is 2. The van der Waals surface area contributed by atoms with E-state index in [1.165, 1.54) is 5.56 Å². The van der Waals surface area contributed by atoms with Crippen LogP contribution in [0.3, 0.4) is 0 Å². The lowest BCUT2D eigenvalue weighted by Crippen LogP contribution is -2.38. The zero-order valence-corrected chi connectivity index (χ0v) is 21.8. The van der Waals surface area contributed by atoms with Crippen LogP contribution in [0.25, 0.3) is 0 Å². The summed E-state index contributed by atoms with van der Waals surface area (Å²) < 4.78 is 1.81. The minimum atomic E-state index is -0.121. The lowest BCUT2D eigenvalue weighted by atomic mass is 10.1. The van der Waals surface area contributed by atoms with E-state index in [0.717, 1.165) is 43.7 Å². The Morgan fingerprint density at radius 2 is 1.81 bits per heavy atom. The molecule has 2 amide bonds. The minimum Gasteiger partial charge on any atom is -0.332 e. The molecular weight excluding hydrogens is 474 g/mol. The molecule has 190 valence electrons. The van der Waals surface area contributed by atoms with Gasteiger partial charge in [-0.3, -0.25) is 19.2 Å². The Bertz CT molecular complexity index is 1180. The van der Waals surface area contributed by atoms with Crippen molar-refractivity contribution in [1.29, 1.82) is 0 Å². The summed E-state index contributed by atoms with van der Waals surface area (Å²) in [5, 5.41) is 5.10. The first-order valence-corrected chi connectivity index (χ1v) is 13.0. The largest absolute Gasteiger partial charge is 0.332 e. The Hall–Kier alpha value is -3.16. The number of hydrogen-bond donors (Lipinski definition) is 0. The fraction of sp³-hybridized carbons (Fsp3) is 0.393. The van der Waals surface area contributed by atoms with E-state index in [4.69, 9.17) is 11.6 Å². The molecule has 0 saturated heterocycles. The summed E-state index contributed by atoms with van der Waals surface area (Å²) in [7, 11) is 0. The summed E-state index contributed by atoms with van der Waals surface area (Å²) in [6, 6.07) is 17.7. The van der Waals surface area contributed by atoms with E-state index in [1.807, 2.05) is 46.1 Å². The van der Waals surface area contributed by atoms with Crippen molar-refractivity contribution in [2.45, 2.75) is 46.3 Å². The second-order valence-corrected chi connectivity index (χ2v) is 9.69. The molecule has 0 aliphatic carbocycles. The molecule has 8 heteroatoms. The molecule has 3 aromatic rings. The first kappa shape index (κ1) is 25.9. The van der Waals surface area contributed by atoms with Crippen LogP contribution in [0.4, 0.5) is 5.69 Å². The lowest BCUT2D eigenvalue weighted by molar-refractivity contribution is -0.116. The van der Waals surface area contributed by atoms with Gasteiger partial charge >= 0.3 is 0 Å². The second kappa shape index (κ2) is 12.2. The molecule has 4 rings (SSSR count). The maximum Gasteiger partial charge on any atom is 0.274 e. The van der Waals surface area contributed by atoms with Gasteiger partial charge in [0.05, 0.1) is 0 Å². The maximum atomic E-state index is 13.7. The smallest absolute Gasteiger partial charge is 0.274 e. The van der Waals surface area contributed by atoms with E-state index in [0.29, 0.717) is 36.9 Å². The van der Waals surface area contributed by atoms with Crippen LogP contribution in [0.2, 0.25) is 5.02 Å². The van der Waals surface area contributed by atoms with E-state index in [-0.39, 0.29) is 11.8 Å². The Balaban J connectivity index is 1.67. The summed E-state index contributed by atoms with van der Waals surface area (Å²) in [4.78, 5) is 32.3. The highest BCUT2D eigenvalue weighted by Gasteiger charge is 2.24. The number of hydrogen-bond acceptors (Lipinski definition) is 4. The van der Waals surface area contributed by atoms with Crippen LogP contribution < -0.4 is 4.90 Å². The van der Waals surface area contributed by atoms with Crippen molar-refractivity contribution in [3.63, 3.8) is 0 Å². The van der Waals surface area contributed by atoms with E-state index >= 15 is 0 Å². The highest BCUT2D eigenvalue weighted by molar-refractivity contribution is 6.30. The van der Waals surface area contributed by atoms with E-state index in [9.17, 15) is 9.59 Å². The third-order valence-corrected chi connectivity index (χ3v) is 6.70. The van der Waals surface area contributed by atoms with Gasteiger partial charge in [-0.25, -0.2) is 0 Å². The summed E-state index contributed by atoms with van der Waals surface area (Å²) in [5.74, 6) is -0.146. The van der Waals surface area contributed by atoms with E-state index < -0.39 is 0 Å². The van der Waals surface area contributed by atoms with Gasteiger partial charge in [-0.15, -0.1) is 0 Å². The fourth-order valence-corrected chi connectivity index (χ4v) is 4.86. The Kier molecular flexibility index (Phi) is 8.78. The van der Waals surface area contributed by atoms with Crippen LogP contribution >= 0.6 is 11.6 Å². The number of rotatable bonds is 5. The number of nitrogens with zero attached hydrogens (tertiary/aromatic N) is 5. The maximum absolute atomic E-state index is 13.7. The molecule has 1 aromatic heterocycles. The molecule has 0 spiro atoms. The van der Waals surface area contributed by atoms with Crippen LogP contribution in [0.1, 0.15) is 48.3 Å². The number of fused-ring (bicyclic) bond motifs is 1. The van der Waals surface area contributed by atoms with Crippen molar-refractivity contribution < 1.29 is 9.59 Å². The topological polar surface area (TPSA) is 61.7 Å². The third-order valence-electron chi connectivity index (χ3n) is 6.46. The number of amides is 2. The highest BCUT2D eigenvalue weighted by Crippen LogP contribution is 2.27. The average Bonchev–Trinajstić information content (AvgIpc) is 3.32. The molecular formula is C28H34ClN5O2. The molecule has 1 aliphatic rings. The molecule has 0 radical (unpaired) electrons. The summed E-state index contributed by atoms with van der Waals surface area (Å²) in [5.41, 5.74) is 3.32. The zero-order chi connectivity index (χ0) is 25.5. The predicted molar refractivity (Wildman–Crippen MR) is 143 cm³/mol. The molecule has 7 nitrogen and oxygen atoms in total. The molecule has 2 aromatic carbocycles. The zero-order valence-electron chi connectivity index (χ0n) is 21.1. The monoisotopic (exact) mass is 507 g/mol. The van der Waals surface area contributed by atoms with Crippen molar-refractivity contribution >= 4 is 29.1 Å². The lowest BCUT2D eigenvalue weighted by Gasteiger charge is -2.27. The van der Waals surface area contributed by atoms with Crippen LogP contribution in [-0.4, -0.2) is 57.6 Å². The molecule has 0 atom stereocenters. The summed E-state index contributed by atoms with van der Waals surface area (Å²) >= 11 is 6.37. The van der Waals surface area contributed by atoms with Crippen LogP contribution in [-0.2, 0) is 24.4 Å².